The Morgan fingerprint density at radius 1 is 1.62 bits per heavy atom. The van der Waals surface area contributed by atoms with Gasteiger partial charge in [0.15, 0.2) is 0 Å². The van der Waals surface area contributed by atoms with Crippen LogP contribution in [0.2, 0.25) is 0 Å². The number of carbonyl (C=O) groups excluding carboxylic acids is 1. The lowest BCUT2D eigenvalue weighted by Gasteiger charge is -2.12. The van der Waals surface area contributed by atoms with Crippen molar-refractivity contribution < 1.29 is 4.79 Å². The van der Waals surface area contributed by atoms with Crippen molar-refractivity contribution in [2.24, 2.45) is 5.73 Å². The second-order valence-corrected chi connectivity index (χ2v) is 2.99. The SMILES string of the molecule is CN(C)C(=O)c1cc[c]cc1CN. The van der Waals surface area contributed by atoms with Crippen LogP contribution in [-0.4, -0.2) is 24.9 Å². The van der Waals surface area contributed by atoms with E-state index in [1.54, 1.807) is 32.3 Å². The Balaban J connectivity index is 3.06. The van der Waals surface area contributed by atoms with Crippen molar-refractivity contribution >= 4 is 5.91 Å². The summed E-state index contributed by atoms with van der Waals surface area (Å²) in [7, 11) is 3.44. The molecule has 0 saturated heterocycles. The number of rotatable bonds is 2. The van der Waals surface area contributed by atoms with Crippen molar-refractivity contribution in [1.82, 2.24) is 4.90 Å². The van der Waals surface area contributed by atoms with Crippen molar-refractivity contribution in [1.29, 1.82) is 0 Å². The van der Waals surface area contributed by atoms with Crippen LogP contribution in [0.25, 0.3) is 0 Å². The molecule has 2 N–H and O–H groups in total. The molecule has 3 heteroatoms. The van der Waals surface area contributed by atoms with Crippen LogP contribution in [0.1, 0.15) is 15.9 Å². The number of hydrogen-bond acceptors (Lipinski definition) is 2. The molecule has 1 radical (unpaired) electrons. The summed E-state index contributed by atoms with van der Waals surface area (Å²) >= 11 is 0. The van der Waals surface area contributed by atoms with E-state index < -0.39 is 0 Å². The first-order valence-corrected chi connectivity index (χ1v) is 4.07. The molecule has 1 rings (SSSR count). The van der Waals surface area contributed by atoms with Crippen LogP contribution >= 0.6 is 0 Å². The van der Waals surface area contributed by atoms with Crippen LogP contribution in [0, 0.1) is 6.07 Å². The van der Waals surface area contributed by atoms with Gasteiger partial charge in [-0.3, -0.25) is 4.79 Å². The molecule has 1 amide bonds. The summed E-state index contributed by atoms with van der Waals surface area (Å²) in [5.74, 6) is -0.0190. The largest absolute Gasteiger partial charge is 0.345 e. The van der Waals surface area contributed by atoms with Crippen LogP contribution in [0.4, 0.5) is 0 Å². The minimum absolute atomic E-state index is 0.0190. The van der Waals surface area contributed by atoms with E-state index in [0.717, 1.165) is 5.56 Å². The Bertz CT molecular complexity index is 308. The number of hydrogen-bond donors (Lipinski definition) is 1. The molecule has 0 aliphatic heterocycles. The Kier molecular flexibility index (Phi) is 3.03. The Morgan fingerprint density at radius 2 is 2.31 bits per heavy atom. The average Bonchev–Trinajstić information content (AvgIpc) is 2.16. The van der Waals surface area contributed by atoms with Gasteiger partial charge in [0.1, 0.15) is 0 Å². The van der Waals surface area contributed by atoms with E-state index >= 15 is 0 Å². The lowest BCUT2D eigenvalue weighted by Crippen LogP contribution is -2.23. The number of nitrogens with zero attached hydrogens (tertiary/aromatic N) is 1. The highest BCUT2D eigenvalue weighted by molar-refractivity contribution is 5.95. The van der Waals surface area contributed by atoms with Gasteiger partial charge in [0.2, 0.25) is 0 Å². The quantitative estimate of drug-likeness (QED) is 0.720. The molecule has 0 aliphatic rings. The number of benzene rings is 1. The molecule has 3 nitrogen and oxygen atoms in total. The first-order valence-electron chi connectivity index (χ1n) is 4.07. The van der Waals surface area contributed by atoms with Crippen molar-refractivity contribution in [2.45, 2.75) is 6.54 Å². The van der Waals surface area contributed by atoms with Gasteiger partial charge >= 0.3 is 0 Å². The average molecular weight is 177 g/mol. The molecule has 0 aliphatic carbocycles. The third kappa shape index (κ3) is 2.06. The van der Waals surface area contributed by atoms with E-state index in [1.807, 2.05) is 0 Å². The monoisotopic (exact) mass is 177 g/mol. The fourth-order valence-electron chi connectivity index (χ4n) is 1.08. The van der Waals surface area contributed by atoms with E-state index in [2.05, 4.69) is 6.07 Å². The van der Waals surface area contributed by atoms with Crippen molar-refractivity contribution in [3.8, 4) is 0 Å². The molecule has 0 saturated carbocycles. The van der Waals surface area contributed by atoms with Crippen LogP contribution < -0.4 is 5.73 Å². The highest BCUT2D eigenvalue weighted by Crippen LogP contribution is 2.08. The lowest BCUT2D eigenvalue weighted by atomic mass is 10.1. The van der Waals surface area contributed by atoms with Gasteiger partial charge in [-0.05, 0) is 23.8 Å². The summed E-state index contributed by atoms with van der Waals surface area (Å²) in [4.78, 5) is 13.1. The topological polar surface area (TPSA) is 46.3 Å². The molecule has 69 valence electrons. The maximum atomic E-state index is 11.6. The predicted molar refractivity (Wildman–Crippen MR) is 51.2 cm³/mol. The first kappa shape index (κ1) is 9.74. The molecule has 1 aromatic rings. The molecule has 0 unspecified atom stereocenters. The molecule has 0 aromatic heterocycles. The Hall–Kier alpha value is -1.35. The molecule has 13 heavy (non-hydrogen) atoms. The van der Waals surface area contributed by atoms with E-state index in [9.17, 15) is 4.79 Å². The van der Waals surface area contributed by atoms with Gasteiger partial charge in [-0.2, -0.15) is 0 Å². The van der Waals surface area contributed by atoms with Crippen molar-refractivity contribution in [2.75, 3.05) is 14.1 Å². The molecule has 1 aromatic carbocycles. The minimum atomic E-state index is -0.0190. The van der Waals surface area contributed by atoms with Gasteiger partial charge < -0.3 is 10.6 Å². The third-order valence-electron chi connectivity index (χ3n) is 1.81. The second-order valence-electron chi connectivity index (χ2n) is 2.99. The number of amides is 1. The van der Waals surface area contributed by atoms with Crippen LogP contribution in [0.3, 0.4) is 0 Å². The summed E-state index contributed by atoms with van der Waals surface area (Å²) in [6.45, 7) is 0.367. The van der Waals surface area contributed by atoms with Gasteiger partial charge in [0, 0.05) is 26.2 Å². The van der Waals surface area contributed by atoms with Gasteiger partial charge in [0.05, 0.1) is 0 Å². The predicted octanol–water partition coefficient (Wildman–Crippen LogP) is 0.647. The maximum Gasteiger partial charge on any atom is 0.253 e. The van der Waals surface area contributed by atoms with Crippen molar-refractivity contribution in [3.05, 3.63) is 35.4 Å². The van der Waals surface area contributed by atoms with Crippen molar-refractivity contribution in [3.63, 3.8) is 0 Å². The van der Waals surface area contributed by atoms with E-state index in [0.29, 0.717) is 12.1 Å². The summed E-state index contributed by atoms with van der Waals surface area (Å²) < 4.78 is 0. The zero-order valence-corrected chi connectivity index (χ0v) is 7.87. The van der Waals surface area contributed by atoms with Gasteiger partial charge in [-0.15, -0.1) is 0 Å². The van der Waals surface area contributed by atoms with Crippen LogP contribution in [0.15, 0.2) is 18.2 Å². The molecule has 0 atom stereocenters. The highest BCUT2D eigenvalue weighted by atomic mass is 16.2. The third-order valence-corrected chi connectivity index (χ3v) is 1.81. The zero-order chi connectivity index (χ0) is 9.84. The maximum absolute atomic E-state index is 11.6. The molecule has 0 heterocycles. The Labute approximate surface area is 78.2 Å². The number of nitrogens with two attached hydrogens (primary N) is 1. The van der Waals surface area contributed by atoms with Gasteiger partial charge in [0.25, 0.3) is 5.91 Å². The standard InChI is InChI=1S/C10H13N2O/c1-12(2)10(13)9-6-4-3-5-8(9)7-11/h4-6H,7,11H2,1-2H3. The fraction of sp³-hybridized carbons (Fsp3) is 0.300. The summed E-state index contributed by atoms with van der Waals surface area (Å²) in [5.41, 5.74) is 6.99. The first-order chi connectivity index (χ1) is 6.16. The molecule has 0 bridgehead atoms. The zero-order valence-electron chi connectivity index (χ0n) is 7.87. The number of carbonyl (C=O) groups is 1. The molecule has 0 spiro atoms. The minimum Gasteiger partial charge on any atom is -0.345 e. The van der Waals surface area contributed by atoms with Crippen LogP contribution in [0.5, 0.6) is 0 Å². The lowest BCUT2D eigenvalue weighted by molar-refractivity contribution is 0.0826. The van der Waals surface area contributed by atoms with E-state index in [-0.39, 0.29) is 5.91 Å². The highest BCUT2D eigenvalue weighted by Gasteiger charge is 2.10. The van der Waals surface area contributed by atoms with Crippen LogP contribution in [-0.2, 0) is 6.54 Å². The van der Waals surface area contributed by atoms with Gasteiger partial charge in [-0.1, -0.05) is 6.07 Å². The smallest absolute Gasteiger partial charge is 0.253 e. The summed E-state index contributed by atoms with van der Waals surface area (Å²) in [5, 5.41) is 0. The molecular formula is C10H13N2O. The summed E-state index contributed by atoms with van der Waals surface area (Å²) in [6, 6.07) is 8.10. The Morgan fingerprint density at radius 3 is 2.85 bits per heavy atom. The van der Waals surface area contributed by atoms with E-state index in [1.165, 1.54) is 4.90 Å². The van der Waals surface area contributed by atoms with Gasteiger partial charge in [-0.25, -0.2) is 0 Å². The molecular weight excluding hydrogens is 164 g/mol. The molecule has 0 fully saturated rings. The second kappa shape index (κ2) is 4.05. The normalized spacial score (nSPS) is 9.77. The van der Waals surface area contributed by atoms with E-state index in [4.69, 9.17) is 5.73 Å². The fourth-order valence-corrected chi connectivity index (χ4v) is 1.08. The summed E-state index contributed by atoms with van der Waals surface area (Å²) in [6.07, 6.45) is 0.